The molecule has 2 aromatic rings. The molecule has 1 aromatic heterocycles. The summed E-state index contributed by atoms with van der Waals surface area (Å²) >= 11 is 6.07. The first-order valence-electron chi connectivity index (χ1n) is 5.92. The minimum Gasteiger partial charge on any atom is -0.313 e. The minimum absolute atomic E-state index is 0.0367. The van der Waals surface area contributed by atoms with Gasteiger partial charge in [0.25, 0.3) is 0 Å². The van der Waals surface area contributed by atoms with Gasteiger partial charge in [-0.1, -0.05) is 44.5 Å². The van der Waals surface area contributed by atoms with Gasteiger partial charge >= 0.3 is 0 Å². The third kappa shape index (κ3) is 3.02. The zero-order valence-electron chi connectivity index (χ0n) is 10.9. The normalized spacial score (nSPS) is 12.8. The van der Waals surface area contributed by atoms with Crippen molar-refractivity contribution in [3.8, 4) is 0 Å². The van der Waals surface area contributed by atoms with Crippen molar-refractivity contribution in [2.24, 2.45) is 5.41 Å². The lowest BCUT2D eigenvalue weighted by Gasteiger charge is -2.23. The highest BCUT2D eigenvalue weighted by Gasteiger charge is 2.19. The first kappa shape index (κ1) is 12.9. The summed E-state index contributed by atoms with van der Waals surface area (Å²) in [6, 6.07) is 7.95. The van der Waals surface area contributed by atoms with Crippen molar-refractivity contribution in [2.75, 3.05) is 0 Å². The molecule has 0 aliphatic carbocycles. The molecule has 0 unspecified atom stereocenters. The van der Waals surface area contributed by atoms with Gasteiger partial charge in [0, 0.05) is 23.6 Å². The fourth-order valence-electron chi connectivity index (χ4n) is 1.85. The number of hydrogen-bond donors (Lipinski definition) is 0. The van der Waals surface area contributed by atoms with Gasteiger partial charge in [-0.25, -0.2) is 4.98 Å². The van der Waals surface area contributed by atoms with E-state index in [0.717, 1.165) is 10.6 Å². The van der Waals surface area contributed by atoms with Gasteiger partial charge in [0.1, 0.15) is 0 Å². The summed E-state index contributed by atoms with van der Waals surface area (Å²) in [5.74, 6) is 0. The van der Waals surface area contributed by atoms with Crippen LogP contribution in [-0.4, -0.2) is 9.55 Å². The summed E-state index contributed by atoms with van der Waals surface area (Å²) in [5, 5.41) is 0.758. The molecule has 18 heavy (non-hydrogen) atoms. The van der Waals surface area contributed by atoms with Gasteiger partial charge in [-0.3, -0.25) is 0 Å². The largest absolute Gasteiger partial charge is 0.313 e. The maximum atomic E-state index is 6.07. The zero-order valence-corrected chi connectivity index (χ0v) is 11.6. The molecule has 3 heteroatoms. The Morgan fingerprint density at radius 2 is 2.11 bits per heavy atom. The van der Waals surface area contributed by atoms with E-state index >= 15 is 0 Å². The van der Waals surface area contributed by atoms with E-state index in [1.165, 1.54) is 5.57 Å². The molecule has 94 valence electrons. The van der Waals surface area contributed by atoms with E-state index in [1.807, 2.05) is 29.0 Å². The quantitative estimate of drug-likeness (QED) is 0.773. The molecular formula is C15H17ClN2. The molecule has 0 atom stereocenters. The predicted octanol–water partition coefficient (Wildman–Crippen LogP) is 4.58. The Morgan fingerprint density at radius 3 is 2.67 bits per heavy atom. The standard InChI is InChI=1S/C15H17ClN2/c1-15(2,3)14(10-18-8-7-17-11-18)12-5-4-6-13(16)9-12/h4-11H,1-3H3. The molecule has 0 aliphatic heterocycles. The smallest absolute Gasteiger partial charge is 0.0986 e. The molecule has 0 radical (unpaired) electrons. The molecule has 0 amide bonds. The molecule has 0 saturated heterocycles. The van der Waals surface area contributed by atoms with E-state index < -0.39 is 0 Å². The van der Waals surface area contributed by atoms with Gasteiger partial charge in [-0.2, -0.15) is 0 Å². The van der Waals surface area contributed by atoms with E-state index in [-0.39, 0.29) is 5.41 Å². The lowest BCUT2D eigenvalue weighted by molar-refractivity contribution is 0.568. The number of halogens is 1. The highest BCUT2D eigenvalue weighted by molar-refractivity contribution is 6.30. The Labute approximate surface area is 113 Å². The number of benzene rings is 1. The number of imidazole rings is 1. The molecule has 0 aliphatic rings. The van der Waals surface area contributed by atoms with Crippen LogP contribution in [0.2, 0.25) is 5.02 Å². The van der Waals surface area contributed by atoms with Crippen molar-refractivity contribution in [3.63, 3.8) is 0 Å². The van der Waals surface area contributed by atoms with E-state index in [4.69, 9.17) is 11.6 Å². The highest BCUT2D eigenvalue weighted by atomic mass is 35.5. The van der Waals surface area contributed by atoms with Crippen LogP contribution in [0.5, 0.6) is 0 Å². The van der Waals surface area contributed by atoms with Crippen LogP contribution in [0.3, 0.4) is 0 Å². The van der Waals surface area contributed by atoms with E-state index in [9.17, 15) is 0 Å². The minimum atomic E-state index is 0.0367. The average molecular weight is 261 g/mol. The average Bonchev–Trinajstić information content (AvgIpc) is 2.77. The summed E-state index contributed by atoms with van der Waals surface area (Å²) in [6.07, 6.45) is 7.58. The van der Waals surface area contributed by atoms with Crippen molar-refractivity contribution in [2.45, 2.75) is 20.8 Å². The van der Waals surface area contributed by atoms with Crippen LogP contribution in [0.15, 0.2) is 43.0 Å². The lowest BCUT2D eigenvalue weighted by atomic mass is 9.82. The van der Waals surface area contributed by atoms with Crippen LogP contribution in [0.4, 0.5) is 0 Å². The third-order valence-electron chi connectivity index (χ3n) is 2.75. The molecule has 2 rings (SSSR count). The fraction of sp³-hybridized carbons (Fsp3) is 0.267. The second kappa shape index (κ2) is 4.99. The number of nitrogens with zero attached hydrogens (tertiary/aromatic N) is 2. The Morgan fingerprint density at radius 1 is 1.33 bits per heavy atom. The number of allylic oxidation sites excluding steroid dienone is 1. The monoisotopic (exact) mass is 260 g/mol. The van der Waals surface area contributed by atoms with Crippen LogP contribution in [0.1, 0.15) is 26.3 Å². The first-order chi connectivity index (χ1) is 8.47. The van der Waals surface area contributed by atoms with Crippen molar-refractivity contribution in [1.29, 1.82) is 0 Å². The maximum absolute atomic E-state index is 6.07. The van der Waals surface area contributed by atoms with Crippen LogP contribution >= 0.6 is 11.6 Å². The zero-order chi connectivity index (χ0) is 13.2. The molecule has 0 N–H and O–H groups in total. The molecule has 0 fully saturated rings. The molecule has 2 nitrogen and oxygen atoms in total. The van der Waals surface area contributed by atoms with Gasteiger partial charge in [0.15, 0.2) is 0 Å². The van der Waals surface area contributed by atoms with Gasteiger partial charge in [0.2, 0.25) is 0 Å². The first-order valence-corrected chi connectivity index (χ1v) is 6.30. The van der Waals surface area contributed by atoms with Gasteiger partial charge in [-0.15, -0.1) is 0 Å². The Bertz CT molecular complexity index is 548. The van der Waals surface area contributed by atoms with Gasteiger partial charge in [-0.05, 0) is 28.7 Å². The van der Waals surface area contributed by atoms with Crippen molar-refractivity contribution >= 4 is 23.4 Å². The van der Waals surface area contributed by atoms with E-state index in [1.54, 1.807) is 12.5 Å². The molecule has 0 saturated carbocycles. The van der Waals surface area contributed by atoms with Crippen LogP contribution < -0.4 is 0 Å². The summed E-state index contributed by atoms with van der Waals surface area (Å²) in [5.41, 5.74) is 2.40. The summed E-state index contributed by atoms with van der Waals surface area (Å²) in [6.45, 7) is 6.57. The molecular weight excluding hydrogens is 244 g/mol. The Balaban J connectivity index is 2.51. The van der Waals surface area contributed by atoms with Crippen LogP contribution in [0.25, 0.3) is 11.8 Å². The number of rotatable bonds is 2. The van der Waals surface area contributed by atoms with Crippen molar-refractivity contribution in [1.82, 2.24) is 9.55 Å². The SMILES string of the molecule is CC(C)(C)C(=Cn1ccnc1)c1cccc(Cl)c1. The predicted molar refractivity (Wildman–Crippen MR) is 77.3 cm³/mol. The molecule has 0 spiro atoms. The Kier molecular flexibility index (Phi) is 3.58. The van der Waals surface area contributed by atoms with Crippen molar-refractivity contribution < 1.29 is 0 Å². The summed E-state index contributed by atoms with van der Waals surface area (Å²) < 4.78 is 1.96. The van der Waals surface area contributed by atoms with E-state index in [2.05, 4.69) is 38.0 Å². The van der Waals surface area contributed by atoms with Crippen molar-refractivity contribution in [3.05, 3.63) is 53.6 Å². The van der Waals surface area contributed by atoms with Gasteiger partial charge < -0.3 is 4.57 Å². The number of aromatic nitrogens is 2. The summed E-state index contributed by atoms with van der Waals surface area (Å²) in [7, 11) is 0. The second-order valence-corrected chi connectivity index (χ2v) is 5.75. The topological polar surface area (TPSA) is 17.8 Å². The van der Waals surface area contributed by atoms with Crippen LogP contribution in [-0.2, 0) is 0 Å². The second-order valence-electron chi connectivity index (χ2n) is 5.31. The number of hydrogen-bond acceptors (Lipinski definition) is 1. The fourth-order valence-corrected chi connectivity index (χ4v) is 2.04. The lowest BCUT2D eigenvalue weighted by Crippen LogP contribution is -2.09. The maximum Gasteiger partial charge on any atom is 0.0986 e. The van der Waals surface area contributed by atoms with E-state index in [0.29, 0.717) is 0 Å². The third-order valence-corrected chi connectivity index (χ3v) is 2.98. The van der Waals surface area contributed by atoms with Gasteiger partial charge in [0.05, 0.1) is 6.33 Å². The van der Waals surface area contributed by atoms with Crippen LogP contribution in [0, 0.1) is 5.41 Å². The highest BCUT2D eigenvalue weighted by Crippen LogP contribution is 2.35. The molecule has 1 heterocycles. The Hall–Kier alpha value is -1.54. The molecule has 1 aromatic carbocycles. The summed E-state index contributed by atoms with van der Waals surface area (Å²) in [4.78, 5) is 4.06. The molecule has 0 bridgehead atoms.